The van der Waals surface area contributed by atoms with E-state index in [0.29, 0.717) is 12.8 Å². The van der Waals surface area contributed by atoms with Gasteiger partial charge in [-0.05, 0) is 12.8 Å². The van der Waals surface area contributed by atoms with Gasteiger partial charge in [0, 0.05) is 6.61 Å². The van der Waals surface area contributed by atoms with Crippen molar-refractivity contribution in [1.82, 2.24) is 0 Å². The van der Waals surface area contributed by atoms with Crippen molar-refractivity contribution in [3.05, 3.63) is 0 Å². The molecule has 0 bridgehead atoms. The normalized spacial score (nSPS) is 13.7. The Labute approximate surface area is 112 Å². The van der Waals surface area contributed by atoms with Gasteiger partial charge in [0.05, 0.1) is 6.61 Å². The summed E-state index contributed by atoms with van der Waals surface area (Å²) in [6.45, 7) is -1.42. The number of alkyl halides is 4. The number of hydrogen-bond acceptors (Lipinski definition) is 2. The lowest BCUT2D eigenvalue weighted by Gasteiger charge is -2.07. The Morgan fingerprint density at radius 3 is 1.95 bits per heavy atom. The minimum atomic E-state index is -4.23. The van der Waals surface area contributed by atoms with Crippen LogP contribution >= 0.6 is 0 Å². The van der Waals surface area contributed by atoms with Crippen molar-refractivity contribution in [2.75, 3.05) is 19.8 Å². The number of rotatable bonds is 12. The molecule has 0 aliphatic carbocycles. The van der Waals surface area contributed by atoms with Gasteiger partial charge in [-0.15, -0.1) is 0 Å². The fraction of sp³-hybridized carbons (Fsp3) is 1.00. The minimum Gasteiger partial charge on any atom is -0.393 e. The second-order valence-electron chi connectivity index (χ2n) is 4.71. The predicted molar refractivity (Wildman–Crippen MR) is 65.8 cm³/mol. The Morgan fingerprint density at radius 1 is 0.895 bits per heavy atom. The molecule has 116 valence electrons. The third-order valence-electron chi connectivity index (χ3n) is 2.77. The SMILES string of the molecule is OCC(F)CCCCCCCCCOCC(F)(F)F. The average Bonchev–Trinajstić information content (AvgIpc) is 2.34. The Kier molecular flexibility index (Phi) is 11.2. The summed E-state index contributed by atoms with van der Waals surface area (Å²) < 4.78 is 52.3. The van der Waals surface area contributed by atoms with Gasteiger partial charge >= 0.3 is 6.18 Å². The smallest absolute Gasteiger partial charge is 0.393 e. The highest BCUT2D eigenvalue weighted by Gasteiger charge is 2.27. The van der Waals surface area contributed by atoms with Gasteiger partial charge in [-0.25, -0.2) is 4.39 Å². The van der Waals surface area contributed by atoms with Crippen LogP contribution in [0.25, 0.3) is 0 Å². The summed E-state index contributed by atoms with van der Waals surface area (Å²) in [5, 5.41) is 8.47. The molecule has 0 heterocycles. The molecular weight excluding hydrogens is 264 g/mol. The first-order valence-electron chi connectivity index (χ1n) is 6.85. The molecule has 0 aromatic rings. The third-order valence-corrected chi connectivity index (χ3v) is 2.77. The molecule has 1 unspecified atom stereocenters. The number of hydrogen-bond donors (Lipinski definition) is 1. The van der Waals surface area contributed by atoms with Crippen molar-refractivity contribution in [1.29, 1.82) is 0 Å². The molecule has 0 aliphatic rings. The molecule has 0 spiro atoms. The van der Waals surface area contributed by atoms with Crippen LogP contribution in [0.4, 0.5) is 17.6 Å². The van der Waals surface area contributed by atoms with Crippen LogP contribution in [0.3, 0.4) is 0 Å². The van der Waals surface area contributed by atoms with Crippen LogP contribution in [0.5, 0.6) is 0 Å². The first-order chi connectivity index (χ1) is 8.95. The second-order valence-corrected chi connectivity index (χ2v) is 4.71. The van der Waals surface area contributed by atoms with Gasteiger partial charge in [-0.3, -0.25) is 0 Å². The van der Waals surface area contributed by atoms with Crippen LogP contribution in [0.15, 0.2) is 0 Å². The molecule has 0 rings (SSSR count). The molecule has 0 aromatic carbocycles. The molecule has 1 N–H and O–H groups in total. The lowest BCUT2D eigenvalue weighted by Crippen LogP contribution is -2.17. The Balaban J connectivity index is 3.07. The zero-order valence-corrected chi connectivity index (χ0v) is 11.2. The number of unbranched alkanes of at least 4 members (excludes halogenated alkanes) is 6. The van der Waals surface area contributed by atoms with Crippen molar-refractivity contribution >= 4 is 0 Å². The lowest BCUT2D eigenvalue weighted by atomic mass is 10.1. The van der Waals surface area contributed by atoms with E-state index in [4.69, 9.17) is 5.11 Å². The Hall–Kier alpha value is -0.360. The summed E-state index contributed by atoms with van der Waals surface area (Å²) in [7, 11) is 0. The maximum Gasteiger partial charge on any atom is 0.411 e. The molecule has 2 nitrogen and oxygen atoms in total. The number of aliphatic hydroxyl groups excluding tert-OH is 1. The molecule has 0 saturated heterocycles. The van der Waals surface area contributed by atoms with Gasteiger partial charge in [0.15, 0.2) is 0 Å². The van der Waals surface area contributed by atoms with Crippen LogP contribution in [-0.4, -0.2) is 37.3 Å². The summed E-state index contributed by atoms with van der Waals surface area (Å²) in [6.07, 6.45) is 1.26. The van der Waals surface area contributed by atoms with E-state index in [-0.39, 0.29) is 6.61 Å². The van der Waals surface area contributed by atoms with E-state index in [2.05, 4.69) is 4.74 Å². The van der Waals surface area contributed by atoms with Gasteiger partial charge in [0.2, 0.25) is 0 Å². The standard InChI is InChI=1S/C13H24F4O2/c14-12(10-18)8-6-4-2-1-3-5-7-9-19-11-13(15,16)17/h12,18H,1-11H2. The molecule has 1 atom stereocenters. The number of ether oxygens (including phenoxy) is 1. The fourth-order valence-electron chi connectivity index (χ4n) is 1.73. The van der Waals surface area contributed by atoms with E-state index < -0.39 is 25.6 Å². The molecule has 19 heavy (non-hydrogen) atoms. The van der Waals surface area contributed by atoms with Crippen LogP contribution in [0, 0.1) is 0 Å². The molecule has 0 aromatic heterocycles. The molecule has 0 fully saturated rings. The fourth-order valence-corrected chi connectivity index (χ4v) is 1.73. The quantitative estimate of drug-likeness (QED) is 0.434. The highest BCUT2D eigenvalue weighted by Crippen LogP contribution is 2.15. The topological polar surface area (TPSA) is 29.5 Å². The average molecular weight is 288 g/mol. The van der Waals surface area contributed by atoms with E-state index in [0.717, 1.165) is 38.5 Å². The molecule has 6 heteroatoms. The Bertz CT molecular complexity index is 198. The van der Waals surface area contributed by atoms with Crippen LogP contribution < -0.4 is 0 Å². The summed E-state index contributed by atoms with van der Waals surface area (Å²) >= 11 is 0. The highest BCUT2D eigenvalue weighted by molar-refractivity contribution is 4.54. The second kappa shape index (κ2) is 11.5. The number of halogens is 4. The highest BCUT2D eigenvalue weighted by atomic mass is 19.4. The van der Waals surface area contributed by atoms with Gasteiger partial charge < -0.3 is 9.84 Å². The minimum absolute atomic E-state index is 0.152. The van der Waals surface area contributed by atoms with Crippen molar-refractivity contribution < 1.29 is 27.4 Å². The van der Waals surface area contributed by atoms with Gasteiger partial charge in [-0.1, -0.05) is 38.5 Å². The van der Waals surface area contributed by atoms with Crippen LogP contribution in [0.2, 0.25) is 0 Å². The largest absolute Gasteiger partial charge is 0.411 e. The van der Waals surface area contributed by atoms with Crippen LogP contribution in [0.1, 0.15) is 51.4 Å². The molecular formula is C13H24F4O2. The summed E-state index contributed by atoms with van der Waals surface area (Å²) in [6, 6.07) is 0. The van der Waals surface area contributed by atoms with Crippen LogP contribution in [-0.2, 0) is 4.74 Å². The molecule has 0 aliphatic heterocycles. The Morgan fingerprint density at radius 2 is 1.42 bits per heavy atom. The molecule has 0 saturated carbocycles. The summed E-state index contributed by atoms with van der Waals surface area (Å²) in [5.74, 6) is 0. The van der Waals surface area contributed by atoms with E-state index in [9.17, 15) is 17.6 Å². The molecule has 0 amide bonds. The van der Waals surface area contributed by atoms with Gasteiger partial charge in [0.25, 0.3) is 0 Å². The van der Waals surface area contributed by atoms with Crippen molar-refractivity contribution in [3.8, 4) is 0 Å². The zero-order chi connectivity index (χ0) is 14.6. The van der Waals surface area contributed by atoms with Gasteiger partial charge in [-0.2, -0.15) is 13.2 Å². The van der Waals surface area contributed by atoms with E-state index in [1.807, 2.05) is 0 Å². The first kappa shape index (κ1) is 18.6. The van der Waals surface area contributed by atoms with E-state index in [1.54, 1.807) is 0 Å². The summed E-state index contributed by atoms with van der Waals surface area (Å²) in [4.78, 5) is 0. The lowest BCUT2D eigenvalue weighted by molar-refractivity contribution is -0.174. The first-order valence-corrected chi connectivity index (χ1v) is 6.85. The van der Waals surface area contributed by atoms with Crippen molar-refractivity contribution in [2.24, 2.45) is 0 Å². The maximum absolute atomic E-state index is 12.6. The van der Waals surface area contributed by atoms with Crippen molar-refractivity contribution in [3.63, 3.8) is 0 Å². The summed E-state index contributed by atoms with van der Waals surface area (Å²) in [5.41, 5.74) is 0. The monoisotopic (exact) mass is 288 g/mol. The predicted octanol–water partition coefficient (Wildman–Crippen LogP) is 4.02. The zero-order valence-electron chi connectivity index (χ0n) is 11.2. The number of aliphatic hydroxyl groups is 1. The van der Waals surface area contributed by atoms with Crippen molar-refractivity contribution in [2.45, 2.75) is 63.7 Å². The third kappa shape index (κ3) is 15.6. The van der Waals surface area contributed by atoms with Gasteiger partial charge in [0.1, 0.15) is 12.8 Å². The molecule has 0 radical (unpaired) electrons. The van der Waals surface area contributed by atoms with E-state index >= 15 is 0 Å². The van der Waals surface area contributed by atoms with E-state index in [1.165, 1.54) is 0 Å². The maximum atomic E-state index is 12.6.